The van der Waals surface area contributed by atoms with E-state index in [0.717, 1.165) is 5.56 Å². The van der Waals surface area contributed by atoms with Gasteiger partial charge in [-0.1, -0.05) is 30.3 Å². The van der Waals surface area contributed by atoms with Gasteiger partial charge in [-0.15, -0.1) is 0 Å². The number of Topliss-reactive ketones (excluding diaryl/α,β-unsaturated/α-hetero) is 1. The molecule has 0 N–H and O–H groups in total. The molecule has 18 heavy (non-hydrogen) atoms. The Morgan fingerprint density at radius 1 is 1.11 bits per heavy atom. The molecule has 0 amide bonds. The summed E-state index contributed by atoms with van der Waals surface area (Å²) in [4.78, 5) is 13.8. The predicted molar refractivity (Wildman–Crippen MR) is 70.2 cm³/mol. The molecule has 0 bridgehead atoms. The van der Waals surface area contributed by atoms with Crippen molar-refractivity contribution in [1.29, 1.82) is 0 Å². The van der Waals surface area contributed by atoms with E-state index in [1.54, 1.807) is 0 Å². The van der Waals surface area contributed by atoms with E-state index >= 15 is 0 Å². The summed E-state index contributed by atoms with van der Waals surface area (Å²) in [6.07, 6.45) is 0.421. The van der Waals surface area contributed by atoms with Gasteiger partial charge in [-0.2, -0.15) is 0 Å². The van der Waals surface area contributed by atoms with Crippen LogP contribution in [0.3, 0.4) is 0 Å². The van der Waals surface area contributed by atoms with Crippen molar-refractivity contribution < 1.29 is 13.2 Å². The molecule has 0 saturated carbocycles. The molecule has 1 aromatic carbocycles. The molecule has 0 spiro atoms. The molecule has 1 saturated heterocycles. The highest BCUT2D eigenvalue weighted by Crippen LogP contribution is 2.05. The molecule has 0 radical (unpaired) electrons. The first-order chi connectivity index (χ1) is 8.55. The van der Waals surface area contributed by atoms with Crippen LogP contribution in [0.5, 0.6) is 0 Å². The summed E-state index contributed by atoms with van der Waals surface area (Å²) in [6, 6.07) is 9.60. The minimum Gasteiger partial charge on any atom is -0.298 e. The SMILES string of the molecule is O=C(Cc1ccccc1)CN1CCS(=O)(=O)CC1. The summed E-state index contributed by atoms with van der Waals surface area (Å²) in [7, 11) is -2.86. The predicted octanol–water partition coefficient (Wildman–Crippen LogP) is 0.529. The highest BCUT2D eigenvalue weighted by atomic mass is 32.2. The number of sulfone groups is 1. The first-order valence-corrected chi connectivity index (χ1v) is 7.86. The number of benzene rings is 1. The monoisotopic (exact) mass is 267 g/mol. The molecule has 2 rings (SSSR count). The lowest BCUT2D eigenvalue weighted by atomic mass is 10.1. The van der Waals surface area contributed by atoms with Crippen molar-refractivity contribution in [3.05, 3.63) is 35.9 Å². The third-order valence-electron chi connectivity index (χ3n) is 3.08. The van der Waals surface area contributed by atoms with Gasteiger partial charge in [0.05, 0.1) is 18.1 Å². The zero-order valence-electron chi connectivity index (χ0n) is 10.2. The number of hydrogen-bond donors (Lipinski definition) is 0. The zero-order valence-corrected chi connectivity index (χ0v) is 11.0. The van der Waals surface area contributed by atoms with Gasteiger partial charge >= 0.3 is 0 Å². The summed E-state index contributed by atoms with van der Waals surface area (Å²) < 4.78 is 22.5. The second-order valence-corrected chi connectivity index (χ2v) is 6.93. The van der Waals surface area contributed by atoms with Crippen LogP contribution in [-0.2, 0) is 21.1 Å². The van der Waals surface area contributed by atoms with Crippen molar-refractivity contribution >= 4 is 15.6 Å². The first-order valence-electron chi connectivity index (χ1n) is 6.03. The molecule has 98 valence electrons. The Morgan fingerprint density at radius 3 is 2.33 bits per heavy atom. The Bertz CT molecular complexity index is 496. The molecule has 5 heteroatoms. The van der Waals surface area contributed by atoms with Crippen LogP contribution in [0.1, 0.15) is 5.56 Å². The largest absolute Gasteiger partial charge is 0.298 e. The van der Waals surface area contributed by atoms with Crippen LogP contribution in [0, 0.1) is 0 Å². The van der Waals surface area contributed by atoms with E-state index in [-0.39, 0.29) is 17.3 Å². The van der Waals surface area contributed by atoms with Crippen molar-refractivity contribution in [1.82, 2.24) is 4.90 Å². The molecule has 0 atom stereocenters. The van der Waals surface area contributed by atoms with Gasteiger partial charge < -0.3 is 0 Å². The summed E-state index contributed by atoms with van der Waals surface area (Å²) in [5, 5.41) is 0. The average molecular weight is 267 g/mol. The lowest BCUT2D eigenvalue weighted by Gasteiger charge is -2.25. The zero-order chi connectivity index (χ0) is 13.0. The number of nitrogens with zero attached hydrogens (tertiary/aromatic N) is 1. The van der Waals surface area contributed by atoms with E-state index in [0.29, 0.717) is 26.1 Å². The number of carbonyl (C=O) groups excluding carboxylic acids is 1. The third kappa shape index (κ3) is 3.92. The smallest absolute Gasteiger partial charge is 0.152 e. The maximum Gasteiger partial charge on any atom is 0.152 e. The molecule has 4 nitrogen and oxygen atoms in total. The second-order valence-electron chi connectivity index (χ2n) is 4.63. The number of ketones is 1. The van der Waals surface area contributed by atoms with Gasteiger partial charge in [0.2, 0.25) is 0 Å². The highest BCUT2D eigenvalue weighted by Gasteiger charge is 2.22. The van der Waals surface area contributed by atoms with Crippen molar-refractivity contribution in [3.8, 4) is 0 Å². The topological polar surface area (TPSA) is 54.5 Å². The van der Waals surface area contributed by atoms with Crippen LogP contribution in [0.4, 0.5) is 0 Å². The van der Waals surface area contributed by atoms with Crippen LogP contribution < -0.4 is 0 Å². The molecule has 1 aliphatic rings. The Kier molecular flexibility index (Phi) is 4.14. The van der Waals surface area contributed by atoms with E-state index in [1.807, 2.05) is 35.2 Å². The third-order valence-corrected chi connectivity index (χ3v) is 4.69. The van der Waals surface area contributed by atoms with Crippen molar-refractivity contribution in [3.63, 3.8) is 0 Å². The van der Waals surface area contributed by atoms with E-state index < -0.39 is 9.84 Å². The second kappa shape index (κ2) is 5.63. The van der Waals surface area contributed by atoms with Crippen LogP contribution in [0.15, 0.2) is 30.3 Å². The number of hydrogen-bond acceptors (Lipinski definition) is 4. The van der Waals surface area contributed by atoms with Gasteiger partial charge in [0.25, 0.3) is 0 Å². The highest BCUT2D eigenvalue weighted by molar-refractivity contribution is 7.91. The summed E-state index contributed by atoms with van der Waals surface area (Å²) in [5.41, 5.74) is 1.01. The standard InChI is InChI=1S/C13H17NO3S/c15-13(10-12-4-2-1-3-5-12)11-14-6-8-18(16,17)9-7-14/h1-5H,6-11H2. The molecule has 0 aromatic heterocycles. The Balaban J connectivity index is 1.82. The molecular formula is C13H17NO3S. The Labute approximate surface area is 108 Å². The first kappa shape index (κ1) is 13.2. The molecule has 0 unspecified atom stereocenters. The summed E-state index contributed by atoms with van der Waals surface area (Å²) in [5.74, 6) is 0.484. The molecule has 1 aromatic rings. The Morgan fingerprint density at radius 2 is 1.72 bits per heavy atom. The van der Waals surface area contributed by atoms with Gasteiger partial charge in [-0.25, -0.2) is 8.42 Å². The number of rotatable bonds is 4. The fourth-order valence-electron chi connectivity index (χ4n) is 2.04. The minimum absolute atomic E-state index is 0.139. The van der Waals surface area contributed by atoms with Crippen molar-refractivity contribution in [2.24, 2.45) is 0 Å². The summed E-state index contributed by atoms with van der Waals surface area (Å²) >= 11 is 0. The number of carbonyl (C=O) groups is 1. The lowest BCUT2D eigenvalue weighted by Crippen LogP contribution is -2.43. The van der Waals surface area contributed by atoms with Crippen LogP contribution in [-0.4, -0.2) is 50.2 Å². The van der Waals surface area contributed by atoms with Gasteiger partial charge in [0.15, 0.2) is 15.6 Å². The lowest BCUT2D eigenvalue weighted by molar-refractivity contribution is -0.119. The maximum atomic E-state index is 11.9. The van der Waals surface area contributed by atoms with Crippen LogP contribution >= 0.6 is 0 Å². The van der Waals surface area contributed by atoms with Gasteiger partial charge in [-0.05, 0) is 5.56 Å². The average Bonchev–Trinajstić information content (AvgIpc) is 2.33. The normalized spacial score (nSPS) is 19.6. The quantitative estimate of drug-likeness (QED) is 0.798. The fraction of sp³-hybridized carbons (Fsp3) is 0.462. The van der Waals surface area contributed by atoms with Crippen LogP contribution in [0.2, 0.25) is 0 Å². The fourth-order valence-corrected chi connectivity index (χ4v) is 3.31. The maximum absolute atomic E-state index is 11.9. The minimum atomic E-state index is -2.86. The van der Waals surface area contributed by atoms with Crippen molar-refractivity contribution in [2.75, 3.05) is 31.1 Å². The van der Waals surface area contributed by atoms with E-state index in [4.69, 9.17) is 0 Å². The molecule has 0 aliphatic carbocycles. The van der Waals surface area contributed by atoms with E-state index in [9.17, 15) is 13.2 Å². The van der Waals surface area contributed by atoms with Gasteiger partial charge in [0, 0.05) is 19.5 Å². The van der Waals surface area contributed by atoms with E-state index in [2.05, 4.69) is 0 Å². The molecule has 1 fully saturated rings. The molecule has 1 aliphatic heterocycles. The van der Waals surface area contributed by atoms with Gasteiger partial charge in [0.1, 0.15) is 0 Å². The summed E-state index contributed by atoms with van der Waals surface area (Å²) in [6.45, 7) is 1.30. The molecule has 1 heterocycles. The van der Waals surface area contributed by atoms with Crippen molar-refractivity contribution in [2.45, 2.75) is 6.42 Å². The van der Waals surface area contributed by atoms with E-state index in [1.165, 1.54) is 0 Å². The Hall–Kier alpha value is -1.20. The molecular weight excluding hydrogens is 250 g/mol. The van der Waals surface area contributed by atoms with Crippen LogP contribution in [0.25, 0.3) is 0 Å². The van der Waals surface area contributed by atoms with Gasteiger partial charge in [-0.3, -0.25) is 9.69 Å².